The van der Waals surface area contributed by atoms with Gasteiger partial charge in [-0.25, -0.2) is 0 Å². The van der Waals surface area contributed by atoms with Gasteiger partial charge in [-0.15, -0.1) is 0 Å². The number of Topliss-reactive ketones (excluding diaryl/α,β-unsaturated/α-hetero) is 1. The van der Waals surface area contributed by atoms with E-state index in [-0.39, 0.29) is 10.8 Å². The molecule has 5 rings (SSSR count). The SMILES string of the molecule is Cc1noc(CCON=C2C=C3CCC4C(CC[C@]5(C)C(=O)CCC45)[C@@]3(C)CC2)n1. The van der Waals surface area contributed by atoms with Crippen molar-refractivity contribution in [1.82, 2.24) is 10.1 Å². The van der Waals surface area contributed by atoms with Gasteiger partial charge in [-0.2, -0.15) is 4.98 Å². The van der Waals surface area contributed by atoms with Crippen molar-refractivity contribution in [1.29, 1.82) is 0 Å². The van der Waals surface area contributed by atoms with Crippen LogP contribution < -0.4 is 0 Å². The lowest BCUT2D eigenvalue weighted by atomic mass is 9.47. The molecule has 0 aromatic carbocycles. The summed E-state index contributed by atoms with van der Waals surface area (Å²) >= 11 is 0. The number of fused-ring (bicyclic) bond motifs is 5. The van der Waals surface area contributed by atoms with Gasteiger partial charge in [-0.05, 0) is 81.1 Å². The first-order valence-corrected chi connectivity index (χ1v) is 11.6. The van der Waals surface area contributed by atoms with Gasteiger partial charge in [0.25, 0.3) is 0 Å². The van der Waals surface area contributed by atoms with E-state index in [9.17, 15) is 4.79 Å². The Morgan fingerprint density at radius 2 is 1.97 bits per heavy atom. The maximum Gasteiger partial charge on any atom is 0.230 e. The van der Waals surface area contributed by atoms with E-state index in [2.05, 4.69) is 35.2 Å². The molecule has 0 bridgehead atoms. The van der Waals surface area contributed by atoms with Crippen LogP contribution in [-0.4, -0.2) is 28.2 Å². The van der Waals surface area contributed by atoms with Crippen molar-refractivity contribution in [3.05, 3.63) is 23.4 Å². The maximum atomic E-state index is 12.6. The van der Waals surface area contributed by atoms with Crippen LogP contribution >= 0.6 is 0 Å². The summed E-state index contributed by atoms with van der Waals surface area (Å²) in [6, 6.07) is 0. The molecule has 3 unspecified atom stereocenters. The minimum absolute atomic E-state index is 0.0369. The van der Waals surface area contributed by atoms with Crippen LogP contribution in [0.3, 0.4) is 0 Å². The Labute approximate surface area is 178 Å². The molecular formula is C24H33N3O3. The average molecular weight is 412 g/mol. The van der Waals surface area contributed by atoms with Gasteiger partial charge < -0.3 is 9.36 Å². The van der Waals surface area contributed by atoms with Gasteiger partial charge in [0.15, 0.2) is 5.82 Å². The second-order valence-electron chi connectivity index (χ2n) is 10.3. The van der Waals surface area contributed by atoms with Crippen LogP contribution in [0, 0.1) is 35.5 Å². The van der Waals surface area contributed by atoms with Crippen LogP contribution in [0.25, 0.3) is 0 Å². The molecular weight excluding hydrogens is 378 g/mol. The van der Waals surface area contributed by atoms with Crippen molar-refractivity contribution in [2.75, 3.05) is 6.61 Å². The molecule has 30 heavy (non-hydrogen) atoms. The number of nitrogens with zero attached hydrogens (tertiary/aromatic N) is 3. The van der Waals surface area contributed by atoms with Gasteiger partial charge in [-0.1, -0.05) is 29.7 Å². The molecule has 4 aliphatic carbocycles. The molecule has 4 aliphatic rings. The number of hydrogen-bond acceptors (Lipinski definition) is 6. The summed E-state index contributed by atoms with van der Waals surface area (Å²) in [6.45, 7) is 7.00. The normalized spacial score (nSPS) is 39.3. The number of oxime groups is 1. The highest BCUT2D eigenvalue weighted by molar-refractivity contribution is 5.96. The molecule has 162 valence electrons. The fourth-order valence-electron chi connectivity index (χ4n) is 7.12. The summed E-state index contributed by atoms with van der Waals surface area (Å²) in [6.07, 6.45) is 11.6. The molecule has 6 heteroatoms. The number of hydrogen-bond donors (Lipinski definition) is 0. The Balaban J connectivity index is 1.26. The minimum Gasteiger partial charge on any atom is -0.395 e. The van der Waals surface area contributed by atoms with Crippen LogP contribution in [0.4, 0.5) is 0 Å². The smallest absolute Gasteiger partial charge is 0.230 e. The molecule has 3 fully saturated rings. The van der Waals surface area contributed by atoms with Gasteiger partial charge in [-0.3, -0.25) is 4.79 Å². The number of aromatic nitrogens is 2. The molecule has 0 N–H and O–H groups in total. The van der Waals surface area contributed by atoms with Gasteiger partial charge in [0, 0.05) is 11.8 Å². The van der Waals surface area contributed by atoms with Crippen LogP contribution in [0.5, 0.6) is 0 Å². The molecule has 0 spiro atoms. The Hall–Kier alpha value is -1.98. The first-order chi connectivity index (χ1) is 14.4. The topological polar surface area (TPSA) is 77.6 Å². The molecule has 1 heterocycles. The second kappa shape index (κ2) is 7.31. The third-order valence-corrected chi connectivity index (χ3v) is 8.85. The van der Waals surface area contributed by atoms with E-state index in [1.165, 1.54) is 12.8 Å². The lowest BCUT2D eigenvalue weighted by Gasteiger charge is -2.57. The van der Waals surface area contributed by atoms with E-state index in [4.69, 9.17) is 9.36 Å². The predicted octanol–water partition coefficient (Wildman–Crippen LogP) is 4.83. The zero-order valence-electron chi connectivity index (χ0n) is 18.4. The summed E-state index contributed by atoms with van der Waals surface area (Å²) in [7, 11) is 0. The Morgan fingerprint density at radius 3 is 2.77 bits per heavy atom. The van der Waals surface area contributed by atoms with E-state index in [1.807, 2.05) is 6.92 Å². The van der Waals surface area contributed by atoms with Gasteiger partial charge >= 0.3 is 0 Å². The molecule has 0 amide bonds. The summed E-state index contributed by atoms with van der Waals surface area (Å²) in [5, 5.41) is 8.20. The number of rotatable bonds is 4. The molecule has 1 aromatic rings. The van der Waals surface area contributed by atoms with Crippen molar-refractivity contribution < 1.29 is 14.2 Å². The first kappa shape index (κ1) is 20.0. The van der Waals surface area contributed by atoms with Crippen molar-refractivity contribution >= 4 is 11.5 Å². The molecule has 5 atom stereocenters. The largest absolute Gasteiger partial charge is 0.395 e. The zero-order valence-corrected chi connectivity index (χ0v) is 18.4. The zero-order chi connectivity index (χ0) is 20.9. The van der Waals surface area contributed by atoms with Crippen LogP contribution in [0.1, 0.15) is 76.9 Å². The van der Waals surface area contributed by atoms with E-state index < -0.39 is 0 Å². The summed E-state index contributed by atoms with van der Waals surface area (Å²) in [5.41, 5.74) is 2.83. The molecule has 3 saturated carbocycles. The Bertz CT molecular complexity index is 903. The van der Waals surface area contributed by atoms with Gasteiger partial charge in [0.1, 0.15) is 12.4 Å². The number of carbonyl (C=O) groups excluding carboxylic acids is 1. The molecule has 1 aromatic heterocycles. The number of allylic oxidation sites excluding steroid dienone is 2. The maximum absolute atomic E-state index is 12.6. The van der Waals surface area contributed by atoms with Crippen LogP contribution in [0.2, 0.25) is 0 Å². The average Bonchev–Trinajstić information content (AvgIpc) is 3.28. The quantitative estimate of drug-likeness (QED) is 0.524. The van der Waals surface area contributed by atoms with Crippen molar-refractivity contribution in [3.63, 3.8) is 0 Å². The summed E-state index contributed by atoms with van der Waals surface area (Å²) in [5.74, 6) is 3.80. The van der Waals surface area contributed by atoms with E-state index in [0.717, 1.165) is 44.2 Å². The molecule has 0 aliphatic heterocycles. The first-order valence-electron chi connectivity index (χ1n) is 11.6. The van der Waals surface area contributed by atoms with E-state index in [0.29, 0.717) is 48.3 Å². The summed E-state index contributed by atoms with van der Waals surface area (Å²) in [4.78, 5) is 22.3. The van der Waals surface area contributed by atoms with Gasteiger partial charge in [0.05, 0.1) is 12.1 Å². The minimum atomic E-state index is -0.0369. The highest BCUT2D eigenvalue weighted by atomic mass is 16.6. The van der Waals surface area contributed by atoms with Crippen LogP contribution in [0.15, 0.2) is 21.3 Å². The van der Waals surface area contributed by atoms with Crippen molar-refractivity contribution in [2.45, 2.75) is 78.6 Å². The molecule has 6 nitrogen and oxygen atoms in total. The van der Waals surface area contributed by atoms with Crippen molar-refractivity contribution in [2.24, 2.45) is 33.7 Å². The highest BCUT2D eigenvalue weighted by Gasteiger charge is 2.58. The monoisotopic (exact) mass is 411 g/mol. The van der Waals surface area contributed by atoms with Crippen LogP contribution in [-0.2, 0) is 16.1 Å². The predicted molar refractivity (Wildman–Crippen MR) is 113 cm³/mol. The lowest BCUT2D eigenvalue weighted by Crippen LogP contribution is -2.50. The molecule has 0 saturated heterocycles. The second-order valence-corrected chi connectivity index (χ2v) is 10.3. The fourth-order valence-corrected chi connectivity index (χ4v) is 7.12. The third kappa shape index (κ3) is 3.14. The number of carbonyl (C=O) groups is 1. The lowest BCUT2D eigenvalue weighted by molar-refractivity contribution is -0.132. The summed E-state index contributed by atoms with van der Waals surface area (Å²) < 4.78 is 5.11. The standard InChI is InChI=1S/C24H33N3O3/c1-15-25-22(30-26-15)10-13-29-27-17-8-11-23(2)16(14-17)4-5-18-19-6-7-21(28)24(19,3)12-9-20(18)23/h14,18-20H,4-13H2,1-3H3/t18?,19?,20?,23-,24-/m0/s1. The Morgan fingerprint density at radius 1 is 1.13 bits per heavy atom. The van der Waals surface area contributed by atoms with Gasteiger partial charge in [0.2, 0.25) is 5.89 Å². The third-order valence-electron chi connectivity index (χ3n) is 8.85. The number of ketones is 1. The van der Waals surface area contributed by atoms with E-state index >= 15 is 0 Å². The number of aryl methyl sites for hydroxylation is 1. The molecule has 0 radical (unpaired) electrons. The van der Waals surface area contributed by atoms with E-state index in [1.54, 1.807) is 5.57 Å². The fraction of sp³-hybridized carbons (Fsp3) is 0.750. The van der Waals surface area contributed by atoms with Crippen molar-refractivity contribution in [3.8, 4) is 0 Å². The highest BCUT2D eigenvalue weighted by Crippen LogP contribution is 2.64. The Kier molecular flexibility index (Phi) is 4.86.